The Kier molecular flexibility index (Phi) is 5.20. The van der Waals surface area contributed by atoms with Crippen molar-refractivity contribution in [2.45, 2.75) is 0 Å². The van der Waals surface area contributed by atoms with Crippen LogP contribution in [0.25, 0.3) is 88.1 Å². The summed E-state index contributed by atoms with van der Waals surface area (Å²) in [6, 6.07) is 30.2. The van der Waals surface area contributed by atoms with Crippen molar-refractivity contribution < 1.29 is 4.42 Å². The number of pyridine rings is 2. The first-order chi connectivity index (χ1) is 21.3. The van der Waals surface area contributed by atoms with Gasteiger partial charge in [-0.05, 0) is 53.9 Å². The predicted molar refractivity (Wildman–Crippen MR) is 169 cm³/mol. The Hall–Kier alpha value is -5.80. The first kappa shape index (κ1) is 23.9. The zero-order chi connectivity index (χ0) is 28.3. The van der Waals surface area contributed by atoms with Crippen LogP contribution in [-0.4, -0.2) is 34.9 Å². The Morgan fingerprint density at radius 3 is 2.40 bits per heavy atom. The van der Waals surface area contributed by atoms with Crippen LogP contribution in [0.4, 0.5) is 0 Å². The third kappa shape index (κ3) is 3.90. The van der Waals surface area contributed by atoms with Gasteiger partial charge in [0.25, 0.3) is 0 Å². The Labute approximate surface area is 247 Å². The Morgan fingerprint density at radius 1 is 0.674 bits per heavy atom. The van der Waals surface area contributed by atoms with E-state index in [-0.39, 0.29) is 0 Å². The molecule has 0 aliphatic heterocycles. The number of fused-ring (bicyclic) bond motifs is 4. The zero-order valence-electron chi connectivity index (χ0n) is 22.4. The zero-order valence-corrected chi connectivity index (χ0v) is 23.2. The summed E-state index contributed by atoms with van der Waals surface area (Å²) in [5.74, 6) is 1.12. The van der Waals surface area contributed by atoms with Gasteiger partial charge in [-0.3, -0.25) is 9.97 Å². The van der Waals surface area contributed by atoms with E-state index in [1.165, 1.54) is 0 Å². The van der Waals surface area contributed by atoms with Gasteiger partial charge in [0.2, 0.25) is 5.89 Å². The van der Waals surface area contributed by atoms with Crippen LogP contribution in [0.1, 0.15) is 0 Å². The number of nitrogens with one attached hydrogen (secondary N) is 1. The van der Waals surface area contributed by atoms with Crippen LogP contribution in [0.3, 0.4) is 0 Å². The predicted octanol–water partition coefficient (Wildman–Crippen LogP) is 8.32. The summed E-state index contributed by atoms with van der Waals surface area (Å²) in [6.45, 7) is 0. The summed E-state index contributed by atoms with van der Waals surface area (Å²) >= 11 is 1.69. The van der Waals surface area contributed by atoms with E-state index in [1.54, 1.807) is 29.9 Å². The standard InChI is InChI=1S/C34H19N7OS/c1-6-12-27-19(7-1)17-28(43-27)29-30(34-41-23-10-4-5-11-26(23)42-34)31-24(14-13-22(37-31)25-18-35-15-16-36-25)38-32(29)33-39-20-8-2-3-9-21(20)40-33/h1-18H,(H,39,40). The number of benzene rings is 3. The highest BCUT2D eigenvalue weighted by molar-refractivity contribution is 7.22. The molecule has 0 radical (unpaired) electrons. The minimum absolute atomic E-state index is 0.460. The molecular weight excluding hydrogens is 554 g/mol. The molecular formula is C34H19N7OS. The van der Waals surface area contributed by atoms with Gasteiger partial charge >= 0.3 is 0 Å². The molecule has 9 heteroatoms. The molecule has 3 aromatic carbocycles. The molecule has 9 rings (SSSR count). The molecule has 0 aliphatic rings. The third-order valence-electron chi connectivity index (χ3n) is 7.45. The van der Waals surface area contributed by atoms with Crippen molar-refractivity contribution in [3.05, 3.63) is 110 Å². The molecule has 0 spiro atoms. The van der Waals surface area contributed by atoms with Gasteiger partial charge in [-0.15, -0.1) is 11.3 Å². The summed E-state index contributed by atoms with van der Waals surface area (Å²) in [5.41, 5.74) is 8.23. The number of H-pyrrole nitrogens is 1. The Balaban J connectivity index is 1.44. The van der Waals surface area contributed by atoms with Gasteiger partial charge in [-0.25, -0.2) is 19.9 Å². The number of aromatic amines is 1. The fourth-order valence-electron chi connectivity index (χ4n) is 5.48. The summed E-state index contributed by atoms with van der Waals surface area (Å²) < 4.78 is 7.63. The Morgan fingerprint density at radius 2 is 1.53 bits per heavy atom. The van der Waals surface area contributed by atoms with E-state index in [0.717, 1.165) is 42.6 Å². The van der Waals surface area contributed by atoms with Crippen molar-refractivity contribution in [1.29, 1.82) is 0 Å². The van der Waals surface area contributed by atoms with E-state index in [4.69, 9.17) is 24.4 Å². The van der Waals surface area contributed by atoms with Crippen LogP contribution in [0.2, 0.25) is 0 Å². The molecule has 0 fully saturated rings. The van der Waals surface area contributed by atoms with Crippen molar-refractivity contribution in [2.75, 3.05) is 0 Å². The largest absolute Gasteiger partial charge is 0.436 e. The highest BCUT2D eigenvalue weighted by atomic mass is 32.1. The number of thiophene rings is 1. The SMILES string of the molecule is c1ccc2sc(-c3c(-c4nc5ccccc5[nH]4)nc4ccc(-c5cnccn5)nc4c3-c3nc4ccccc4o3)cc2c1. The normalized spacial score (nSPS) is 11.7. The van der Waals surface area contributed by atoms with Gasteiger partial charge < -0.3 is 9.40 Å². The van der Waals surface area contributed by atoms with Crippen LogP contribution in [0.15, 0.2) is 114 Å². The smallest absolute Gasteiger partial charge is 0.230 e. The molecule has 0 saturated heterocycles. The van der Waals surface area contributed by atoms with Crippen LogP contribution in [0, 0.1) is 0 Å². The summed E-state index contributed by atoms with van der Waals surface area (Å²) in [4.78, 5) is 33.5. The lowest BCUT2D eigenvalue weighted by Gasteiger charge is -2.14. The maximum absolute atomic E-state index is 6.46. The molecule has 0 aliphatic carbocycles. The summed E-state index contributed by atoms with van der Waals surface area (Å²) in [6.07, 6.45) is 5.01. The number of aromatic nitrogens is 7. The molecule has 0 atom stereocenters. The minimum Gasteiger partial charge on any atom is -0.436 e. The molecule has 6 heterocycles. The quantitative estimate of drug-likeness (QED) is 0.226. The molecule has 0 unspecified atom stereocenters. The average Bonchev–Trinajstić information content (AvgIpc) is 3.80. The van der Waals surface area contributed by atoms with Crippen LogP contribution in [0.5, 0.6) is 0 Å². The molecule has 9 aromatic rings. The second-order valence-corrected chi connectivity index (χ2v) is 11.2. The highest BCUT2D eigenvalue weighted by Gasteiger charge is 2.27. The van der Waals surface area contributed by atoms with Gasteiger partial charge in [0, 0.05) is 27.5 Å². The first-order valence-electron chi connectivity index (χ1n) is 13.7. The molecule has 0 bridgehead atoms. The molecule has 8 nitrogen and oxygen atoms in total. The maximum Gasteiger partial charge on any atom is 0.230 e. The van der Waals surface area contributed by atoms with Crippen molar-refractivity contribution in [3.63, 3.8) is 0 Å². The van der Waals surface area contributed by atoms with Crippen molar-refractivity contribution in [2.24, 2.45) is 0 Å². The fourth-order valence-corrected chi connectivity index (χ4v) is 6.60. The number of hydrogen-bond acceptors (Lipinski definition) is 8. The van der Waals surface area contributed by atoms with Gasteiger partial charge in [0.1, 0.15) is 22.4 Å². The van der Waals surface area contributed by atoms with Crippen molar-refractivity contribution >= 4 is 54.6 Å². The molecule has 0 amide bonds. The molecule has 6 aromatic heterocycles. The third-order valence-corrected chi connectivity index (χ3v) is 8.58. The van der Waals surface area contributed by atoms with E-state index in [0.29, 0.717) is 45.4 Å². The number of hydrogen-bond donors (Lipinski definition) is 1. The molecule has 43 heavy (non-hydrogen) atoms. The molecule has 1 N–H and O–H groups in total. The van der Waals surface area contributed by atoms with Crippen LogP contribution < -0.4 is 0 Å². The van der Waals surface area contributed by atoms with Gasteiger partial charge in [0.15, 0.2) is 11.4 Å². The van der Waals surface area contributed by atoms with E-state index < -0.39 is 0 Å². The molecule has 0 saturated carbocycles. The highest BCUT2D eigenvalue weighted by Crippen LogP contribution is 2.46. The summed E-state index contributed by atoms with van der Waals surface area (Å²) in [5, 5.41) is 1.14. The summed E-state index contributed by atoms with van der Waals surface area (Å²) in [7, 11) is 0. The number of para-hydroxylation sites is 4. The first-order valence-corrected chi connectivity index (χ1v) is 14.5. The fraction of sp³-hybridized carbons (Fsp3) is 0. The monoisotopic (exact) mass is 573 g/mol. The van der Waals surface area contributed by atoms with E-state index in [2.05, 4.69) is 39.2 Å². The lowest BCUT2D eigenvalue weighted by Crippen LogP contribution is -1.99. The topological polar surface area (TPSA) is 106 Å². The lowest BCUT2D eigenvalue weighted by molar-refractivity contribution is 0.620. The van der Waals surface area contributed by atoms with Gasteiger partial charge in [-0.2, -0.15) is 0 Å². The number of oxazole rings is 1. The number of rotatable bonds is 4. The number of nitrogens with zero attached hydrogens (tertiary/aromatic N) is 6. The van der Waals surface area contributed by atoms with E-state index >= 15 is 0 Å². The van der Waals surface area contributed by atoms with Crippen LogP contribution in [-0.2, 0) is 0 Å². The van der Waals surface area contributed by atoms with Crippen LogP contribution >= 0.6 is 11.3 Å². The van der Waals surface area contributed by atoms with E-state index in [9.17, 15) is 0 Å². The van der Waals surface area contributed by atoms with Crippen molar-refractivity contribution in [1.82, 2.24) is 34.9 Å². The van der Waals surface area contributed by atoms with Gasteiger partial charge in [-0.1, -0.05) is 42.5 Å². The Bertz CT molecular complexity index is 2380. The van der Waals surface area contributed by atoms with E-state index in [1.807, 2.05) is 66.7 Å². The van der Waals surface area contributed by atoms with Gasteiger partial charge in [0.05, 0.1) is 34.0 Å². The average molecular weight is 574 g/mol. The van der Waals surface area contributed by atoms with Crippen molar-refractivity contribution in [3.8, 4) is 44.8 Å². The molecule has 202 valence electrons. The minimum atomic E-state index is 0.460. The second kappa shape index (κ2) is 9.37. The maximum atomic E-state index is 6.46. The number of imidazole rings is 1. The second-order valence-electron chi connectivity index (χ2n) is 10.1. The lowest BCUT2D eigenvalue weighted by atomic mass is 10.00.